The van der Waals surface area contributed by atoms with Gasteiger partial charge in [-0.05, 0) is 43.7 Å². The summed E-state index contributed by atoms with van der Waals surface area (Å²) in [4.78, 5) is 18.2. The number of nitrogens with one attached hydrogen (secondary N) is 1. The van der Waals surface area contributed by atoms with E-state index in [1.807, 2.05) is 43.0 Å². The van der Waals surface area contributed by atoms with Gasteiger partial charge in [-0.2, -0.15) is 5.26 Å². The van der Waals surface area contributed by atoms with Crippen molar-refractivity contribution >= 4 is 34.5 Å². The summed E-state index contributed by atoms with van der Waals surface area (Å²) in [6, 6.07) is 13.0. The first-order chi connectivity index (χ1) is 17.8. The van der Waals surface area contributed by atoms with Gasteiger partial charge in [0.1, 0.15) is 6.07 Å². The predicted molar refractivity (Wildman–Crippen MR) is 144 cm³/mol. The van der Waals surface area contributed by atoms with Crippen LogP contribution in [0.4, 0.5) is 5.69 Å². The Morgan fingerprint density at radius 2 is 2.16 bits per heavy atom. The van der Waals surface area contributed by atoms with Crippen LogP contribution in [-0.2, 0) is 22.6 Å². The Kier molecular flexibility index (Phi) is 9.18. The normalized spacial score (nSPS) is 16.5. The standard InChI is InChI=1S/C26H31ClN6O3S/c1-17(2)35-8-7-30-12-21-15-32(14-20-10-23(36-31-20)24-5-6-25(27)37-24)16-26(34)33(21)13-18-3-4-19(11-28)22(29)9-18/h3-6,9-10,17,21,30H,7-8,12-16,29H2,1-2H3. The third-order valence-electron chi connectivity index (χ3n) is 6.05. The number of thiophene rings is 1. The van der Waals surface area contributed by atoms with E-state index < -0.39 is 0 Å². The summed E-state index contributed by atoms with van der Waals surface area (Å²) in [6.07, 6.45) is 0.171. The Morgan fingerprint density at radius 1 is 1.32 bits per heavy atom. The van der Waals surface area contributed by atoms with E-state index in [1.165, 1.54) is 11.3 Å². The van der Waals surface area contributed by atoms with Crippen LogP contribution in [0.2, 0.25) is 4.34 Å². The number of halogens is 1. The van der Waals surface area contributed by atoms with Gasteiger partial charge in [-0.3, -0.25) is 9.69 Å². The summed E-state index contributed by atoms with van der Waals surface area (Å²) in [5.41, 5.74) is 8.52. The molecule has 1 unspecified atom stereocenters. The van der Waals surface area contributed by atoms with Crippen molar-refractivity contribution in [2.75, 3.05) is 38.5 Å². The summed E-state index contributed by atoms with van der Waals surface area (Å²) in [5.74, 6) is 0.687. The molecule has 1 aliphatic rings. The molecule has 2 aromatic heterocycles. The number of anilines is 1. The summed E-state index contributed by atoms with van der Waals surface area (Å²) >= 11 is 7.48. The highest BCUT2D eigenvalue weighted by molar-refractivity contribution is 7.19. The van der Waals surface area contributed by atoms with Crippen LogP contribution < -0.4 is 11.1 Å². The van der Waals surface area contributed by atoms with E-state index in [9.17, 15) is 10.1 Å². The fourth-order valence-corrected chi connectivity index (χ4v) is 5.27. The van der Waals surface area contributed by atoms with Gasteiger partial charge in [0.05, 0.1) is 45.8 Å². The van der Waals surface area contributed by atoms with Crippen molar-refractivity contribution in [2.45, 2.75) is 39.1 Å². The van der Waals surface area contributed by atoms with Crippen LogP contribution in [0.3, 0.4) is 0 Å². The molecule has 0 aliphatic carbocycles. The number of benzene rings is 1. The molecular weight excluding hydrogens is 512 g/mol. The van der Waals surface area contributed by atoms with Gasteiger partial charge in [0.15, 0.2) is 5.76 Å². The van der Waals surface area contributed by atoms with Gasteiger partial charge < -0.3 is 25.2 Å². The molecule has 1 saturated heterocycles. The largest absolute Gasteiger partial charge is 0.398 e. The molecule has 3 aromatic rings. The molecule has 1 amide bonds. The summed E-state index contributed by atoms with van der Waals surface area (Å²) in [5, 5.41) is 16.8. The van der Waals surface area contributed by atoms with E-state index >= 15 is 0 Å². The molecule has 1 atom stereocenters. The average molecular weight is 543 g/mol. The lowest BCUT2D eigenvalue weighted by molar-refractivity contribution is -0.140. The molecule has 0 bridgehead atoms. The predicted octanol–water partition coefficient (Wildman–Crippen LogP) is 3.74. The first-order valence-corrected chi connectivity index (χ1v) is 13.4. The van der Waals surface area contributed by atoms with Crippen LogP contribution in [0.15, 0.2) is 40.9 Å². The Balaban J connectivity index is 1.44. The van der Waals surface area contributed by atoms with Gasteiger partial charge in [-0.15, -0.1) is 11.3 Å². The zero-order valence-corrected chi connectivity index (χ0v) is 22.5. The van der Waals surface area contributed by atoms with Crippen molar-refractivity contribution in [3.63, 3.8) is 0 Å². The molecule has 1 fully saturated rings. The number of nitrogens with two attached hydrogens (primary N) is 1. The number of carbonyl (C=O) groups excluding carboxylic acids is 1. The molecule has 37 heavy (non-hydrogen) atoms. The number of piperazine rings is 1. The van der Waals surface area contributed by atoms with E-state index in [1.54, 1.807) is 12.1 Å². The van der Waals surface area contributed by atoms with E-state index in [4.69, 9.17) is 26.6 Å². The molecule has 4 rings (SSSR count). The highest BCUT2D eigenvalue weighted by Crippen LogP contribution is 2.31. The number of hydrogen-bond donors (Lipinski definition) is 2. The summed E-state index contributed by atoms with van der Waals surface area (Å²) in [7, 11) is 0. The second kappa shape index (κ2) is 12.5. The number of amides is 1. The number of ether oxygens (including phenoxy) is 1. The maximum Gasteiger partial charge on any atom is 0.237 e. The van der Waals surface area contributed by atoms with E-state index in [0.29, 0.717) is 60.7 Å². The topological polar surface area (TPSA) is 121 Å². The van der Waals surface area contributed by atoms with Gasteiger partial charge >= 0.3 is 0 Å². The Bertz CT molecular complexity index is 1250. The van der Waals surface area contributed by atoms with Crippen LogP contribution in [0.25, 0.3) is 10.6 Å². The number of nitrogens with zero attached hydrogens (tertiary/aromatic N) is 4. The summed E-state index contributed by atoms with van der Waals surface area (Å²) in [6.45, 7) is 7.78. The Morgan fingerprint density at radius 3 is 2.86 bits per heavy atom. The molecule has 0 saturated carbocycles. The number of aromatic nitrogens is 1. The molecule has 0 radical (unpaired) electrons. The van der Waals surface area contributed by atoms with Gasteiger partial charge in [0.25, 0.3) is 0 Å². The molecular formula is C26H31ClN6O3S. The van der Waals surface area contributed by atoms with E-state index in [0.717, 1.165) is 16.1 Å². The van der Waals surface area contributed by atoms with Crippen molar-refractivity contribution in [3.05, 3.63) is 57.6 Å². The second-order valence-corrected chi connectivity index (χ2v) is 11.0. The average Bonchev–Trinajstić information content (AvgIpc) is 3.49. The molecule has 3 N–H and O–H groups in total. The first kappa shape index (κ1) is 27.1. The van der Waals surface area contributed by atoms with Crippen LogP contribution in [0.5, 0.6) is 0 Å². The van der Waals surface area contributed by atoms with Crippen LogP contribution in [0, 0.1) is 11.3 Å². The lowest BCUT2D eigenvalue weighted by Gasteiger charge is -2.41. The lowest BCUT2D eigenvalue weighted by Crippen LogP contribution is -2.58. The van der Waals surface area contributed by atoms with Gasteiger partial charge in [-0.1, -0.05) is 22.8 Å². The number of nitrogen functional groups attached to an aromatic ring is 1. The number of rotatable bonds is 11. The van der Waals surface area contributed by atoms with Crippen LogP contribution in [0.1, 0.15) is 30.7 Å². The highest BCUT2D eigenvalue weighted by Gasteiger charge is 2.33. The molecule has 196 valence electrons. The molecule has 1 aliphatic heterocycles. The lowest BCUT2D eigenvalue weighted by atomic mass is 10.1. The zero-order chi connectivity index (χ0) is 26.4. The highest BCUT2D eigenvalue weighted by atomic mass is 35.5. The fourth-order valence-electron chi connectivity index (χ4n) is 4.28. The smallest absolute Gasteiger partial charge is 0.237 e. The third-order valence-corrected chi connectivity index (χ3v) is 7.29. The van der Waals surface area contributed by atoms with Crippen molar-refractivity contribution in [1.29, 1.82) is 5.26 Å². The van der Waals surface area contributed by atoms with Crippen molar-refractivity contribution < 1.29 is 14.1 Å². The third kappa shape index (κ3) is 7.31. The van der Waals surface area contributed by atoms with Gasteiger partial charge in [-0.25, -0.2) is 0 Å². The van der Waals surface area contributed by atoms with Crippen molar-refractivity contribution in [2.24, 2.45) is 0 Å². The van der Waals surface area contributed by atoms with Crippen molar-refractivity contribution in [1.82, 2.24) is 20.3 Å². The van der Waals surface area contributed by atoms with Crippen LogP contribution in [-0.4, -0.2) is 65.8 Å². The van der Waals surface area contributed by atoms with E-state index in [-0.39, 0.29) is 24.6 Å². The number of hydrogen-bond acceptors (Lipinski definition) is 9. The monoisotopic (exact) mass is 542 g/mol. The minimum atomic E-state index is -0.0698. The Hall–Kier alpha value is -2.94. The molecule has 1 aromatic carbocycles. The maximum atomic E-state index is 13.3. The first-order valence-electron chi connectivity index (χ1n) is 12.2. The number of nitriles is 1. The molecule has 9 nitrogen and oxygen atoms in total. The van der Waals surface area contributed by atoms with Gasteiger partial charge in [0, 0.05) is 44.5 Å². The minimum absolute atomic E-state index is 0.0215. The maximum absolute atomic E-state index is 13.3. The molecule has 3 heterocycles. The van der Waals surface area contributed by atoms with E-state index in [2.05, 4.69) is 21.4 Å². The minimum Gasteiger partial charge on any atom is -0.398 e. The quantitative estimate of drug-likeness (QED) is 0.278. The second-order valence-electron chi connectivity index (χ2n) is 9.29. The Labute approximate surface area is 225 Å². The SMILES string of the molecule is CC(C)OCCNCC1CN(Cc2cc(-c3ccc(Cl)s3)on2)CC(=O)N1Cc1ccc(C#N)c(N)c1. The molecule has 11 heteroatoms. The molecule has 0 spiro atoms. The zero-order valence-electron chi connectivity index (χ0n) is 20.9. The van der Waals surface area contributed by atoms with Crippen molar-refractivity contribution in [3.8, 4) is 16.7 Å². The number of carbonyl (C=O) groups is 1. The van der Waals surface area contributed by atoms with Gasteiger partial charge in [0.2, 0.25) is 5.91 Å². The van der Waals surface area contributed by atoms with Crippen LogP contribution >= 0.6 is 22.9 Å². The fraction of sp³-hybridized carbons (Fsp3) is 0.423. The summed E-state index contributed by atoms with van der Waals surface area (Å²) < 4.78 is 11.8.